The second kappa shape index (κ2) is 13.7. The van der Waals surface area contributed by atoms with E-state index in [0.29, 0.717) is 6.42 Å². The number of hydrogen-bond donors (Lipinski definition) is 0. The van der Waals surface area contributed by atoms with Crippen molar-refractivity contribution in [2.24, 2.45) is 5.92 Å². The van der Waals surface area contributed by atoms with Crippen LogP contribution in [0, 0.1) is 5.92 Å². The Bertz CT molecular complexity index is 406. The molecule has 0 aromatic heterocycles. The van der Waals surface area contributed by atoms with Crippen molar-refractivity contribution in [1.29, 1.82) is 0 Å². The Labute approximate surface area is 190 Å². The predicted molar refractivity (Wildman–Crippen MR) is 93.0 cm³/mol. The molecule has 0 N–H and O–H groups in total. The third kappa shape index (κ3) is 9.30. The van der Waals surface area contributed by atoms with Gasteiger partial charge in [0.2, 0.25) is 0 Å². The largest absolute Gasteiger partial charge is 1.00 e. The minimum absolute atomic E-state index is 0. The van der Waals surface area contributed by atoms with Gasteiger partial charge in [0, 0.05) is 5.92 Å². The molecule has 1 aliphatic rings. The molecule has 0 aromatic carbocycles. The van der Waals surface area contributed by atoms with Gasteiger partial charge in [-0.05, 0) is 13.3 Å². The van der Waals surface area contributed by atoms with Gasteiger partial charge in [-0.25, -0.2) is 0 Å². The van der Waals surface area contributed by atoms with Crippen molar-refractivity contribution in [3.63, 3.8) is 0 Å². The normalized spacial score (nSPS) is 23.7. The summed E-state index contributed by atoms with van der Waals surface area (Å²) in [4.78, 5) is 11.4. The molecule has 1 aliphatic carbocycles. The maximum atomic E-state index is 11.4. The molecule has 0 fully saturated rings. The van der Waals surface area contributed by atoms with E-state index < -0.39 is 17.7 Å². The number of aliphatic carboxylic acids is 1. The van der Waals surface area contributed by atoms with Crippen molar-refractivity contribution in [3.05, 3.63) is 24.3 Å². The quantitative estimate of drug-likeness (QED) is 0.388. The fourth-order valence-corrected chi connectivity index (χ4v) is 2.96. The van der Waals surface area contributed by atoms with Crippen molar-refractivity contribution < 1.29 is 66.0 Å². The van der Waals surface area contributed by atoms with Gasteiger partial charge in [0.25, 0.3) is 0 Å². The van der Waals surface area contributed by atoms with Gasteiger partial charge in [-0.1, -0.05) is 89.5 Å². The number of unbranched alkanes of at least 4 members (excludes halogenated alkanes) is 7. The van der Waals surface area contributed by atoms with Crippen LogP contribution in [0.15, 0.2) is 24.3 Å². The van der Waals surface area contributed by atoms with E-state index in [2.05, 4.69) is 6.92 Å². The summed E-state index contributed by atoms with van der Waals surface area (Å²) in [5, 5.41) is 11.4. The van der Waals surface area contributed by atoms with Crippen LogP contribution >= 0.6 is 0 Å². The molecule has 0 bridgehead atoms. The molecule has 0 saturated carbocycles. The summed E-state index contributed by atoms with van der Waals surface area (Å²) in [7, 11) is 0. The van der Waals surface area contributed by atoms with Crippen molar-refractivity contribution in [1.82, 2.24) is 0 Å². The van der Waals surface area contributed by atoms with Gasteiger partial charge in [0.15, 0.2) is 0 Å². The number of hydrogen-bond acceptors (Lipinski definition) is 3. The Morgan fingerprint density at radius 2 is 1.71 bits per heavy atom. The molecule has 132 valence electrons. The maximum absolute atomic E-state index is 11.4. The molecule has 0 radical (unpaired) electrons. The van der Waals surface area contributed by atoms with Crippen molar-refractivity contribution in [3.8, 4) is 0 Å². The molecule has 24 heavy (non-hydrogen) atoms. The van der Waals surface area contributed by atoms with Crippen LogP contribution in [-0.4, -0.2) is 17.7 Å². The molecule has 3 unspecified atom stereocenters. The van der Waals surface area contributed by atoms with E-state index >= 15 is 0 Å². The Kier molecular flexibility index (Phi) is 14.0. The Morgan fingerprint density at radius 3 is 2.25 bits per heavy atom. The molecule has 0 aliphatic heterocycles. The number of ether oxygens (including phenoxy) is 1. The zero-order valence-electron chi connectivity index (χ0n) is 16.1. The van der Waals surface area contributed by atoms with Gasteiger partial charge < -0.3 is 14.6 Å². The first kappa shape index (κ1) is 24.5. The smallest absolute Gasteiger partial charge is 0.547 e. The van der Waals surface area contributed by atoms with Crippen LogP contribution in [0.25, 0.3) is 0 Å². The van der Waals surface area contributed by atoms with Gasteiger partial charge in [0.05, 0.1) is 17.7 Å². The second-order valence-electron chi connectivity index (χ2n) is 6.91. The van der Waals surface area contributed by atoms with E-state index in [-0.39, 0.29) is 57.3 Å². The van der Waals surface area contributed by atoms with Gasteiger partial charge in [-0.15, -0.1) is 0 Å². The second-order valence-corrected chi connectivity index (χ2v) is 6.91. The van der Waals surface area contributed by atoms with Gasteiger partial charge in [-0.3, -0.25) is 0 Å². The van der Waals surface area contributed by atoms with Crippen LogP contribution in [0.5, 0.6) is 0 Å². The minimum Gasteiger partial charge on any atom is -0.547 e. The zero-order chi connectivity index (χ0) is 17.1. The van der Waals surface area contributed by atoms with Crippen LogP contribution in [0.4, 0.5) is 0 Å². The fourth-order valence-electron chi connectivity index (χ4n) is 2.96. The molecule has 0 saturated heterocycles. The number of carboxylic acids is 1. The Hall–Kier alpha value is 0.546. The first-order valence-electron chi connectivity index (χ1n) is 9.24. The number of allylic oxidation sites excluding steroid dienone is 2. The molecule has 1 rings (SSSR count). The fraction of sp³-hybridized carbons (Fsp3) is 0.750. The zero-order valence-corrected chi connectivity index (χ0v) is 19.2. The van der Waals surface area contributed by atoms with Crippen molar-refractivity contribution >= 4 is 5.97 Å². The van der Waals surface area contributed by atoms with E-state index in [4.69, 9.17) is 4.74 Å². The van der Waals surface area contributed by atoms with Crippen LogP contribution in [0.2, 0.25) is 0 Å². The molecule has 3 atom stereocenters. The third-order valence-corrected chi connectivity index (χ3v) is 4.82. The first-order chi connectivity index (χ1) is 11.0. The number of carboxylic acid groups (broad SMARTS) is 1. The van der Waals surface area contributed by atoms with E-state index in [9.17, 15) is 9.90 Å². The molecule has 0 aromatic rings. The average Bonchev–Trinajstić information content (AvgIpc) is 2.51. The topological polar surface area (TPSA) is 49.4 Å². The maximum Gasteiger partial charge on any atom is 1.00 e. The van der Waals surface area contributed by atoms with E-state index in [1.165, 1.54) is 38.5 Å². The number of carbonyl (C=O) groups excluding carboxylic acids is 1. The summed E-state index contributed by atoms with van der Waals surface area (Å²) in [6.45, 7) is 6.21. The monoisotopic (exact) mass is 360 g/mol. The number of carbonyl (C=O) groups is 1. The molecule has 0 heterocycles. The van der Waals surface area contributed by atoms with Gasteiger partial charge in [-0.2, -0.15) is 0 Å². The summed E-state index contributed by atoms with van der Waals surface area (Å²) in [5.41, 5.74) is -0.556. The molecule has 4 heteroatoms. The Morgan fingerprint density at radius 1 is 1.12 bits per heavy atom. The van der Waals surface area contributed by atoms with Gasteiger partial charge in [0.1, 0.15) is 0 Å². The van der Waals surface area contributed by atoms with Crippen LogP contribution < -0.4 is 56.5 Å². The third-order valence-electron chi connectivity index (χ3n) is 4.82. The molecule has 0 amide bonds. The van der Waals surface area contributed by atoms with Crippen molar-refractivity contribution in [2.75, 3.05) is 0 Å². The summed E-state index contributed by atoms with van der Waals surface area (Å²) >= 11 is 0. The van der Waals surface area contributed by atoms with Crippen molar-refractivity contribution in [2.45, 2.75) is 90.3 Å². The molecular weight excluding hydrogens is 327 g/mol. The van der Waals surface area contributed by atoms with E-state index in [1.807, 2.05) is 38.2 Å². The molecular formula is C20H33KO3. The minimum atomic E-state index is -1.09. The summed E-state index contributed by atoms with van der Waals surface area (Å²) < 4.78 is 5.91. The van der Waals surface area contributed by atoms with Crippen LogP contribution in [-0.2, 0) is 9.53 Å². The van der Waals surface area contributed by atoms with E-state index in [0.717, 1.165) is 12.8 Å². The SMILES string of the molecule is CCCCCCCCCCC(OC1(C)C=CC=CC1C)C(=O)[O-].[K+]. The Balaban J connectivity index is 0.00000529. The predicted octanol–water partition coefficient (Wildman–Crippen LogP) is 1.18. The number of rotatable bonds is 12. The summed E-state index contributed by atoms with van der Waals surface area (Å²) in [6.07, 6.45) is 17.2. The van der Waals surface area contributed by atoms with Gasteiger partial charge >= 0.3 is 51.4 Å². The summed E-state index contributed by atoms with van der Waals surface area (Å²) in [5.74, 6) is -0.933. The summed E-state index contributed by atoms with van der Waals surface area (Å²) in [6, 6.07) is 0. The standard InChI is InChI=1S/C20H34O3.K/c1-4-5-6-7-8-9-10-11-15-18(19(21)22)23-20(3)16-13-12-14-17(20)2;/h12-14,16-18H,4-11,15H2,1-3H3,(H,21,22);/q;+1/p-1. The first-order valence-corrected chi connectivity index (χ1v) is 9.24. The molecule has 0 spiro atoms. The average molecular weight is 361 g/mol. The van der Waals surface area contributed by atoms with E-state index in [1.54, 1.807) is 0 Å². The van der Waals surface area contributed by atoms with Crippen LogP contribution in [0.1, 0.15) is 78.6 Å². The van der Waals surface area contributed by atoms with Crippen LogP contribution in [0.3, 0.4) is 0 Å². The molecule has 3 nitrogen and oxygen atoms in total.